The van der Waals surface area contributed by atoms with E-state index in [1.807, 2.05) is 12.1 Å². The Morgan fingerprint density at radius 2 is 2.00 bits per heavy atom. The SMILES string of the molecule is Cc1ccccc1CCNC(=O)c1ccnc2ccncc12. The van der Waals surface area contributed by atoms with Crippen LogP contribution in [-0.2, 0) is 6.42 Å². The summed E-state index contributed by atoms with van der Waals surface area (Å²) < 4.78 is 0. The highest BCUT2D eigenvalue weighted by Crippen LogP contribution is 2.14. The number of pyridine rings is 2. The molecule has 0 atom stereocenters. The Labute approximate surface area is 129 Å². The van der Waals surface area contributed by atoms with Crippen molar-refractivity contribution in [3.8, 4) is 0 Å². The van der Waals surface area contributed by atoms with E-state index in [4.69, 9.17) is 0 Å². The molecule has 0 radical (unpaired) electrons. The Morgan fingerprint density at radius 1 is 1.14 bits per heavy atom. The molecule has 2 heterocycles. The molecule has 4 nitrogen and oxygen atoms in total. The van der Waals surface area contributed by atoms with E-state index in [1.54, 1.807) is 30.7 Å². The first-order valence-electron chi connectivity index (χ1n) is 7.27. The number of hydrogen-bond acceptors (Lipinski definition) is 3. The second kappa shape index (κ2) is 6.35. The van der Waals surface area contributed by atoms with E-state index in [0.717, 1.165) is 17.3 Å². The van der Waals surface area contributed by atoms with Gasteiger partial charge in [0.1, 0.15) is 0 Å². The summed E-state index contributed by atoms with van der Waals surface area (Å²) in [6.07, 6.45) is 5.83. The first-order chi connectivity index (χ1) is 10.8. The predicted molar refractivity (Wildman–Crippen MR) is 86.8 cm³/mol. The number of nitrogens with zero attached hydrogens (tertiary/aromatic N) is 2. The molecule has 0 fully saturated rings. The predicted octanol–water partition coefficient (Wildman–Crippen LogP) is 2.91. The van der Waals surface area contributed by atoms with Crippen LogP contribution in [-0.4, -0.2) is 22.4 Å². The molecule has 3 aromatic rings. The first-order valence-corrected chi connectivity index (χ1v) is 7.27. The molecule has 22 heavy (non-hydrogen) atoms. The number of rotatable bonds is 4. The Balaban J connectivity index is 1.70. The molecule has 0 aliphatic heterocycles. The largest absolute Gasteiger partial charge is 0.352 e. The summed E-state index contributed by atoms with van der Waals surface area (Å²) in [5, 5.41) is 3.75. The molecular formula is C18H17N3O. The summed E-state index contributed by atoms with van der Waals surface area (Å²) in [4.78, 5) is 20.7. The summed E-state index contributed by atoms with van der Waals surface area (Å²) >= 11 is 0. The van der Waals surface area contributed by atoms with Crippen LogP contribution < -0.4 is 5.32 Å². The fourth-order valence-corrected chi connectivity index (χ4v) is 2.48. The van der Waals surface area contributed by atoms with Crippen molar-refractivity contribution in [3.05, 3.63) is 71.7 Å². The second-order valence-electron chi connectivity index (χ2n) is 5.18. The number of fused-ring (bicyclic) bond motifs is 1. The standard InChI is InChI=1S/C18H17N3O/c1-13-4-2-3-5-14(13)6-10-21-18(22)15-7-11-20-17-8-9-19-12-16(15)17/h2-5,7-9,11-12H,6,10H2,1H3,(H,21,22). The van der Waals surface area contributed by atoms with Crippen LogP contribution in [0.3, 0.4) is 0 Å². The Morgan fingerprint density at radius 3 is 2.86 bits per heavy atom. The van der Waals surface area contributed by atoms with Crippen molar-refractivity contribution in [1.29, 1.82) is 0 Å². The van der Waals surface area contributed by atoms with Crippen LogP contribution in [0.1, 0.15) is 21.5 Å². The van der Waals surface area contributed by atoms with Gasteiger partial charge in [0.25, 0.3) is 5.91 Å². The monoisotopic (exact) mass is 291 g/mol. The van der Waals surface area contributed by atoms with Gasteiger partial charge in [0, 0.05) is 30.5 Å². The molecule has 1 N–H and O–H groups in total. The van der Waals surface area contributed by atoms with E-state index < -0.39 is 0 Å². The minimum Gasteiger partial charge on any atom is -0.352 e. The van der Waals surface area contributed by atoms with Gasteiger partial charge in [-0.2, -0.15) is 0 Å². The van der Waals surface area contributed by atoms with Crippen LogP contribution in [0.5, 0.6) is 0 Å². The zero-order chi connectivity index (χ0) is 15.4. The highest BCUT2D eigenvalue weighted by Gasteiger charge is 2.10. The third kappa shape index (κ3) is 2.96. The van der Waals surface area contributed by atoms with E-state index in [1.165, 1.54) is 11.1 Å². The lowest BCUT2D eigenvalue weighted by Crippen LogP contribution is -2.26. The van der Waals surface area contributed by atoms with Crippen LogP contribution in [0.4, 0.5) is 0 Å². The van der Waals surface area contributed by atoms with Crippen LogP contribution in [0.2, 0.25) is 0 Å². The Hall–Kier alpha value is -2.75. The minimum atomic E-state index is -0.0889. The summed E-state index contributed by atoms with van der Waals surface area (Å²) in [6.45, 7) is 2.69. The van der Waals surface area contributed by atoms with E-state index >= 15 is 0 Å². The number of carbonyl (C=O) groups is 1. The van der Waals surface area contributed by atoms with E-state index in [9.17, 15) is 4.79 Å². The molecule has 0 spiro atoms. The molecule has 2 aromatic heterocycles. The Kier molecular flexibility index (Phi) is 4.10. The number of carbonyl (C=O) groups excluding carboxylic acids is 1. The van der Waals surface area contributed by atoms with Crippen LogP contribution in [0.25, 0.3) is 10.9 Å². The average molecular weight is 291 g/mol. The van der Waals surface area contributed by atoms with Gasteiger partial charge in [0.2, 0.25) is 0 Å². The van der Waals surface area contributed by atoms with Gasteiger partial charge in [0.05, 0.1) is 11.1 Å². The van der Waals surface area contributed by atoms with Crippen LogP contribution >= 0.6 is 0 Å². The Bertz CT molecular complexity index is 809. The van der Waals surface area contributed by atoms with E-state index in [2.05, 4.69) is 34.3 Å². The number of aryl methyl sites for hydroxylation is 1. The summed E-state index contributed by atoms with van der Waals surface area (Å²) in [7, 11) is 0. The molecule has 0 aliphatic carbocycles. The van der Waals surface area contributed by atoms with Crippen molar-refractivity contribution in [2.75, 3.05) is 6.54 Å². The van der Waals surface area contributed by atoms with Gasteiger partial charge in [-0.05, 0) is 36.6 Å². The molecule has 1 amide bonds. The summed E-state index contributed by atoms with van der Waals surface area (Å²) in [5.41, 5.74) is 3.89. The fraction of sp³-hybridized carbons (Fsp3) is 0.167. The van der Waals surface area contributed by atoms with E-state index in [0.29, 0.717) is 12.1 Å². The number of hydrogen-bond donors (Lipinski definition) is 1. The summed E-state index contributed by atoms with van der Waals surface area (Å²) in [6, 6.07) is 11.7. The third-order valence-corrected chi connectivity index (χ3v) is 3.73. The van der Waals surface area contributed by atoms with Gasteiger partial charge in [0.15, 0.2) is 0 Å². The van der Waals surface area contributed by atoms with Crippen LogP contribution in [0.15, 0.2) is 55.0 Å². The molecule has 1 aromatic carbocycles. The van der Waals surface area contributed by atoms with Gasteiger partial charge in [-0.15, -0.1) is 0 Å². The second-order valence-corrected chi connectivity index (χ2v) is 5.18. The normalized spacial score (nSPS) is 10.6. The average Bonchev–Trinajstić information content (AvgIpc) is 2.56. The fourth-order valence-electron chi connectivity index (χ4n) is 2.48. The van der Waals surface area contributed by atoms with Gasteiger partial charge in [-0.3, -0.25) is 14.8 Å². The van der Waals surface area contributed by atoms with Gasteiger partial charge in [-0.1, -0.05) is 24.3 Å². The van der Waals surface area contributed by atoms with Gasteiger partial charge >= 0.3 is 0 Å². The number of amides is 1. The maximum Gasteiger partial charge on any atom is 0.252 e. The molecule has 3 rings (SSSR count). The number of aromatic nitrogens is 2. The molecule has 0 saturated carbocycles. The first kappa shape index (κ1) is 14.2. The lowest BCUT2D eigenvalue weighted by atomic mass is 10.1. The highest BCUT2D eigenvalue weighted by molar-refractivity contribution is 6.05. The minimum absolute atomic E-state index is 0.0889. The van der Waals surface area contributed by atoms with Crippen molar-refractivity contribution in [2.45, 2.75) is 13.3 Å². The molecular weight excluding hydrogens is 274 g/mol. The van der Waals surface area contributed by atoms with Crippen molar-refractivity contribution in [2.24, 2.45) is 0 Å². The third-order valence-electron chi connectivity index (χ3n) is 3.73. The lowest BCUT2D eigenvalue weighted by molar-refractivity contribution is 0.0955. The molecule has 0 unspecified atom stereocenters. The maximum atomic E-state index is 12.4. The topological polar surface area (TPSA) is 54.9 Å². The number of nitrogens with one attached hydrogen (secondary N) is 1. The number of benzene rings is 1. The van der Waals surface area contributed by atoms with Crippen molar-refractivity contribution in [1.82, 2.24) is 15.3 Å². The van der Waals surface area contributed by atoms with Crippen molar-refractivity contribution in [3.63, 3.8) is 0 Å². The molecule has 0 aliphatic rings. The molecule has 0 bridgehead atoms. The smallest absolute Gasteiger partial charge is 0.252 e. The van der Waals surface area contributed by atoms with Gasteiger partial charge in [-0.25, -0.2) is 0 Å². The zero-order valence-corrected chi connectivity index (χ0v) is 12.4. The maximum absolute atomic E-state index is 12.4. The van der Waals surface area contributed by atoms with Gasteiger partial charge < -0.3 is 5.32 Å². The molecule has 4 heteroatoms. The summed E-state index contributed by atoms with van der Waals surface area (Å²) in [5.74, 6) is -0.0889. The zero-order valence-electron chi connectivity index (χ0n) is 12.4. The van der Waals surface area contributed by atoms with Crippen LogP contribution in [0, 0.1) is 6.92 Å². The van der Waals surface area contributed by atoms with Crippen molar-refractivity contribution >= 4 is 16.8 Å². The lowest BCUT2D eigenvalue weighted by Gasteiger charge is -2.09. The molecule has 0 saturated heterocycles. The highest BCUT2D eigenvalue weighted by atomic mass is 16.1. The molecule has 110 valence electrons. The quantitative estimate of drug-likeness (QED) is 0.804. The van der Waals surface area contributed by atoms with E-state index in [-0.39, 0.29) is 5.91 Å². The van der Waals surface area contributed by atoms with Crippen molar-refractivity contribution < 1.29 is 4.79 Å².